The summed E-state index contributed by atoms with van der Waals surface area (Å²) in [5, 5.41) is 2.68. The van der Waals surface area contributed by atoms with Gasteiger partial charge in [-0.3, -0.25) is 9.59 Å². The van der Waals surface area contributed by atoms with E-state index in [1.807, 2.05) is 0 Å². The lowest BCUT2D eigenvalue weighted by atomic mass is 10.3. The van der Waals surface area contributed by atoms with Crippen LogP contribution in [0.25, 0.3) is 6.08 Å². The fraction of sp³-hybridized carbons (Fsp3) is 0.0667. The van der Waals surface area contributed by atoms with Crippen molar-refractivity contribution in [3.8, 4) is 5.75 Å². The Morgan fingerprint density at radius 2 is 2.00 bits per heavy atom. The molecule has 0 radical (unpaired) electrons. The number of ether oxygens (including phenoxy) is 1. The summed E-state index contributed by atoms with van der Waals surface area (Å²) < 4.78 is 10.2. The molecule has 1 heterocycles. The topological polar surface area (TPSA) is 94.6 Å². The molecule has 0 unspecified atom stereocenters. The first-order chi connectivity index (χ1) is 10.1. The molecule has 0 aliphatic rings. The van der Waals surface area contributed by atoms with Gasteiger partial charge in [-0.25, -0.2) is 0 Å². The number of nitrogens with two attached hydrogens (primary N) is 1. The van der Waals surface area contributed by atoms with Gasteiger partial charge in [0.1, 0.15) is 11.5 Å². The summed E-state index contributed by atoms with van der Waals surface area (Å²) in [6.07, 6.45) is 4.47. The molecule has 3 N–H and O–H groups in total. The molecule has 108 valence electrons. The number of benzene rings is 1. The third-order valence-electron chi connectivity index (χ3n) is 2.45. The van der Waals surface area contributed by atoms with Crippen molar-refractivity contribution < 1.29 is 18.7 Å². The Kier molecular flexibility index (Phi) is 4.76. The fourth-order valence-corrected chi connectivity index (χ4v) is 1.52. The third kappa shape index (κ3) is 4.87. The average molecular weight is 286 g/mol. The minimum atomic E-state index is -0.546. The molecular weight excluding hydrogens is 272 g/mol. The van der Waals surface area contributed by atoms with E-state index in [-0.39, 0.29) is 12.5 Å². The van der Waals surface area contributed by atoms with Gasteiger partial charge in [-0.2, -0.15) is 0 Å². The van der Waals surface area contributed by atoms with Gasteiger partial charge < -0.3 is 20.2 Å². The van der Waals surface area contributed by atoms with E-state index in [0.717, 1.165) is 0 Å². The molecule has 21 heavy (non-hydrogen) atoms. The monoisotopic (exact) mass is 286 g/mol. The van der Waals surface area contributed by atoms with Gasteiger partial charge >= 0.3 is 0 Å². The van der Waals surface area contributed by atoms with E-state index in [1.165, 1.54) is 12.3 Å². The van der Waals surface area contributed by atoms with Gasteiger partial charge in [-0.1, -0.05) is 0 Å². The maximum Gasteiger partial charge on any atom is 0.255 e. The number of amides is 2. The smallest absolute Gasteiger partial charge is 0.255 e. The number of hydrogen-bond donors (Lipinski definition) is 2. The number of hydrogen-bond acceptors (Lipinski definition) is 4. The van der Waals surface area contributed by atoms with Gasteiger partial charge in [0.2, 0.25) is 5.91 Å². The Hall–Kier alpha value is -3.02. The Morgan fingerprint density at radius 1 is 1.24 bits per heavy atom. The van der Waals surface area contributed by atoms with E-state index < -0.39 is 5.91 Å². The van der Waals surface area contributed by atoms with Gasteiger partial charge in [-0.15, -0.1) is 0 Å². The Bertz CT molecular complexity index is 630. The minimum Gasteiger partial charge on any atom is -0.484 e. The quantitative estimate of drug-likeness (QED) is 0.791. The Morgan fingerprint density at radius 3 is 2.62 bits per heavy atom. The zero-order valence-electron chi connectivity index (χ0n) is 11.1. The lowest BCUT2D eigenvalue weighted by molar-refractivity contribution is -0.120. The van der Waals surface area contributed by atoms with Gasteiger partial charge in [0.05, 0.1) is 6.26 Å². The van der Waals surface area contributed by atoms with E-state index in [2.05, 4.69) is 5.32 Å². The van der Waals surface area contributed by atoms with Crippen LogP contribution in [0.15, 0.2) is 53.2 Å². The number of anilines is 1. The molecule has 6 heteroatoms. The standard InChI is InChI=1S/C15H14N2O4/c16-14(18)10-21-13-5-3-11(4-6-13)17-15(19)8-7-12-2-1-9-20-12/h1-9H,10H2,(H2,16,18)(H,17,19)/b8-7+. The van der Waals surface area contributed by atoms with E-state index in [4.69, 9.17) is 14.9 Å². The molecule has 2 rings (SSSR count). The molecule has 0 fully saturated rings. The average Bonchev–Trinajstić information content (AvgIpc) is 2.98. The van der Waals surface area contributed by atoms with Crippen molar-refractivity contribution in [2.75, 3.05) is 11.9 Å². The predicted molar refractivity (Wildman–Crippen MR) is 77.5 cm³/mol. The second-order valence-electron chi connectivity index (χ2n) is 4.12. The zero-order valence-corrected chi connectivity index (χ0v) is 11.1. The van der Waals surface area contributed by atoms with Gasteiger partial charge in [0, 0.05) is 11.8 Å². The van der Waals surface area contributed by atoms with Crippen LogP contribution < -0.4 is 15.8 Å². The maximum atomic E-state index is 11.7. The van der Waals surface area contributed by atoms with Crippen molar-refractivity contribution in [2.24, 2.45) is 5.73 Å². The molecule has 1 aromatic heterocycles. The van der Waals surface area contributed by atoms with Crippen LogP contribution in [0.4, 0.5) is 5.69 Å². The molecule has 0 aliphatic carbocycles. The highest BCUT2D eigenvalue weighted by molar-refractivity contribution is 6.01. The molecule has 0 spiro atoms. The second-order valence-corrected chi connectivity index (χ2v) is 4.12. The predicted octanol–water partition coefficient (Wildman–Crippen LogP) is 1.80. The zero-order chi connectivity index (χ0) is 15.1. The van der Waals surface area contributed by atoms with Crippen LogP contribution in [-0.2, 0) is 9.59 Å². The number of rotatable bonds is 6. The highest BCUT2D eigenvalue weighted by Gasteiger charge is 2.01. The third-order valence-corrected chi connectivity index (χ3v) is 2.45. The molecular formula is C15H14N2O4. The molecule has 6 nitrogen and oxygen atoms in total. The van der Waals surface area contributed by atoms with Crippen molar-refractivity contribution in [1.82, 2.24) is 0 Å². The van der Waals surface area contributed by atoms with Crippen molar-refractivity contribution >= 4 is 23.6 Å². The maximum absolute atomic E-state index is 11.7. The molecule has 2 amide bonds. The molecule has 0 bridgehead atoms. The molecule has 0 saturated heterocycles. The van der Waals surface area contributed by atoms with Crippen LogP contribution in [0.5, 0.6) is 5.75 Å². The number of carbonyl (C=O) groups is 2. The molecule has 0 atom stereocenters. The highest BCUT2D eigenvalue weighted by atomic mass is 16.5. The van der Waals surface area contributed by atoms with Crippen molar-refractivity contribution in [3.05, 3.63) is 54.5 Å². The number of nitrogens with one attached hydrogen (secondary N) is 1. The molecule has 1 aromatic carbocycles. The van der Waals surface area contributed by atoms with Crippen LogP contribution >= 0.6 is 0 Å². The van der Waals surface area contributed by atoms with Crippen molar-refractivity contribution in [3.63, 3.8) is 0 Å². The first kappa shape index (κ1) is 14.4. The van der Waals surface area contributed by atoms with E-state index >= 15 is 0 Å². The summed E-state index contributed by atoms with van der Waals surface area (Å²) in [4.78, 5) is 22.3. The van der Waals surface area contributed by atoms with Crippen LogP contribution in [0.3, 0.4) is 0 Å². The van der Waals surface area contributed by atoms with Crippen molar-refractivity contribution in [1.29, 1.82) is 0 Å². The summed E-state index contributed by atoms with van der Waals surface area (Å²) in [6, 6.07) is 10.1. The molecule has 0 saturated carbocycles. The first-order valence-corrected chi connectivity index (χ1v) is 6.17. The Labute approximate surface area is 121 Å². The fourth-order valence-electron chi connectivity index (χ4n) is 1.52. The lowest BCUT2D eigenvalue weighted by Gasteiger charge is -2.05. The van der Waals surface area contributed by atoms with Crippen LogP contribution in [-0.4, -0.2) is 18.4 Å². The van der Waals surface area contributed by atoms with Crippen LogP contribution in [0.1, 0.15) is 5.76 Å². The van der Waals surface area contributed by atoms with Gasteiger partial charge in [-0.05, 0) is 42.5 Å². The van der Waals surface area contributed by atoms with E-state index in [9.17, 15) is 9.59 Å². The second kappa shape index (κ2) is 6.95. The molecule has 0 aliphatic heterocycles. The van der Waals surface area contributed by atoms with E-state index in [0.29, 0.717) is 17.2 Å². The molecule has 2 aromatic rings. The summed E-state index contributed by atoms with van der Waals surface area (Å²) in [5.41, 5.74) is 5.58. The lowest BCUT2D eigenvalue weighted by Crippen LogP contribution is -2.20. The van der Waals surface area contributed by atoms with Crippen LogP contribution in [0, 0.1) is 0 Å². The minimum absolute atomic E-state index is 0.183. The summed E-state index contributed by atoms with van der Waals surface area (Å²) in [5.74, 6) is 0.269. The van der Waals surface area contributed by atoms with Crippen LogP contribution in [0.2, 0.25) is 0 Å². The summed E-state index contributed by atoms with van der Waals surface area (Å²) in [7, 11) is 0. The normalized spacial score (nSPS) is 10.5. The SMILES string of the molecule is NC(=O)COc1ccc(NC(=O)/C=C/c2ccco2)cc1. The number of carbonyl (C=O) groups excluding carboxylic acids is 2. The highest BCUT2D eigenvalue weighted by Crippen LogP contribution is 2.15. The number of furan rings is 1. The van der Waals surface area contributed by atoms with E-state index in [1.54, 1.807) is 42.5 Å². The number of primary amides is 1. The largest absolute Gasteiger partial charge is 0.484 e. The van der Waals surface area contributed by atoms with Gasteiger partial charge in [0.15, 0.2) is 6.61 Å². The Balaban J connectivity index is 1.87. The first-order valence-electron chi connectivity index (χ1n) is 6.17. The van der Waals surface area contributed by atoms with Crippen molar-refractivity contribution in [2.45, 2.75) is 0 Å². The van der Waals surface area contributed by atoms with Gasteiger partial charge in [0.25, 0.3) is 5.91 Å². The summed E-state index contributed by atoms with van der Waals surface area (Å²) in [6.45, 7) is -0.183. The summed E-state index contributed by atoms with van der Waals surface area (Å²) >= 11 is 0.